The van der Waals surface area contributed by atoms with E-state index in [1.165, 1.54) is 19.3 Å². The van der Waals surface area contributed by atoms with Gasteiger partial charge in [-0.2, -0.15) is 10.4 Å². The summed E-state index contributed by atoms with van der Waals surface area (Å²) < 4.78 is 12.6. The van der Waals surface area contributed by atoms with Gasteiger partial charge in [0.2, 0.25) is 0 Å². The van der Waals surface area contributed by atoms with Crippen LogP contribution in [0.1, 0.15) is 44.6 Å². The first-order chi connectivity index (χ1) is 17.7. The van der Waals surface area contributed by atoms with Crippen LogP contribution in [0.3, 0.4) is 0 Å². The number of unbranched alkanes of at least 4 members (excludes halogenated alkanes) is 3. The van der Waals surface area contributed by atoms with Gasteiger partial charge >= 0.3 is 0 Å². The zero-order valence-electron chi connectivity index (χ0n) is 21.1. The van der Waals surface area contributed by atoms with Gasteiger partial charge in [0, 0.05) is 37.6 Å². The Hall–Kier alpha value is -3.89. The van der Waals surface area contributed by atoms with Gasteiger partial charge in [-0.05, 0) is 55.3 Å². The number of para-hydroxylation sites is 1. The van der Waals surface area contributed by atoms with Crippen molar-refractivity contribution in [1.29, 1.82) is 5.26 Å². The number of hydrogen-bond donors (Lipinski definition) is 1. The largest absolute Gasteiger partial charge is 0.494 e. The quantitative estimate of drug-likeness (QED) is 0.183. The third-order valence-electron chi connectivity index (χ3n) is 5.63. The molecule has 0 aliphatic carbocycles. The Bertz CT molecular complexity index is 1160. The van der Waals surface area contributed by atoms with E-state index < -0.39 is 5.91 Å². The summed E-state index contributed by atoms with van der Waals surface area (Å²) >= 11 is 0. The number of hydrogen-bond acceptors (Lipinski definition) is 5. The summed E-state index contributed by atoms with van der Waals surface area (Å²) in [5.41, 5.74) is 3.12. The number of nitrogens with zero attached hydrogens (tertiary/aromatic N) is 3. The molecule has 1 heterocycles. The van der Waals surface area contributed by atoms with Crippen LogP contribution in [0.2, 0.25) is 0 Å². The monoisotopic (exact) mass is 486 g/mol. The third kappa shape index (κ3) is 7.82. The zero-order valence-corrected chi connectivity index (χ0v) is 21.1. The average Bonchev–Trinajstić information content (AvgIpc) is 3.34. The molecule has 7 nitrogen and oxygen atoms in total. The van der Waals surface area contributed by atoms with Crippen molar-refractivity contribution in [3.63, 3.8) is 0 Å². The van der Waals surface area contributed by atoms with E-state index in [-0.39, 0.29) is 5.57 Å². The highest BCUT2D eigenvalue weighted by Crippen LogP contribution is 2.27. The Morgan fingerprint density at radius 1 is 1.06 bits per heavy atom. The zero-order chi connectivity index (χ0) is 25.6. The number of carbonyl (C=O) groups excluding carboxylic acids is 1. The van der Waals surface area contributed by atoms with Crippen LogP contribution in [0.15, 0.2) is 66.4 Å². The fourth-order valence-electron chi connectivity index (χ4n) is 3.68. The Morgan fingerprint density at radius 3 is 2.53 bits per heavy atom. The molecule has 0 spiro atoms. The first kappa shape index (κ1) is 26.7. The van der Waals surface area contributed by atoms with Crippen molar-refractivity contribution < 1.29 is 14.3 Å². The normalized spacial score (nSPS) is 11.2. The molecule has 0 fully saturated rings. The van der Waals surface area contributed by atoms with E-state index in [2.05, 4.69) is 12.2 Å². The van der Waals surface area contributed by atoms with E-state index in [9.17, 15) is 10.1 Å². The summed E-state index contributed by atoms with van der Waals surface area (Å²) in [5.74, 6) is 0.391. The van der Waals surface area contributed by atoms with E-state index in [0.29, 0.717) is 37.4 Å². The van der Waals surface area contributed by atoms with Gasteiger partial charge in [-0.25, -0.2) is 4.68 Å². The number of rotatable bonds is 14. The maximum atomic E-state index is 12.6. The summed E-state index contributed by atoms with van der Waals surface area (Å²) in [6.45, 7) is 3.86. The molecule has 0 unspecified atom stereocenters. The maximum Gasteiger partial charge on any atom is 0.261 e. The van der Waals surface area contributed by atoms with Gasteiger partial charge in [0.25, 0.3) is 5.91 Å². The van der Waals surface area contributed by atoms with Crippen molar-refractivity contribution in [3.05, 3.63) is 71.9 Å². The molecule has 0 radical (unpaired) electrons. The number of ether oxygens (including phenoxy) is 2. The lowest BCUT2D eigenvalue weighted by Crippen LogP contribution is -2.26. The Kier molecular flexibility index (Phi) is 10.8. The average molecular weight is 487 g/mol. The summed E-state index contributed by atoms with van der Waals surface area (Å²) in [5, 5.41) is 17.2. The number of methoxy groups -OCH3 is 1. The fourth-order valence-corrected chi connectivity index (χ4v) is 3.68. The summed E-state index contributed by atoms with van der Waals surface area (Å²) in [4.78, 5) is 12.6. The van der Waals surface area contributed by atoms with Crippen molar-refractivity contribution >= 4 is 12.0 Å². The van der Waals surface area contributed by atoms with E-state index in [1.54, 1.807) is 17.9 Å². The molecule has 0 saturated carbocycles. The Labute approximate surface area is 213 Å². The molecule has 0 bridgehead atoms. The van der Waals surface area contributed by atoms with Crippen molar-refractivity contribution in [2.75, 3.05) is 26.9 Å². The lowest BCUT2D eigenvalue weighted by atomic mass is 10.1. The Balaban J connectivity index is 1.85. The minimum absolute atomic E-state index is 0.0216. The molecule has 0 saturated heterocycles. The molecule has 0 atom stereocenters. The van der Waals surface area contributed by atoms with Gasteiger partial charge in [-0.3, -0.25) is 4.79 Å². The summed E-state index contributed by atoms with van der Waals surface area (Å²) in [6, 6.07) is 19.5. The number of benzene rings is 2. The molecule has 7 heteroatoms. The summed E-state index contributed by atoms with van der Waals surface area (Å²) in [6.07, 6.45) is 8.72. The molecule has 0 aliphatic rings. The van der Waals surface area contributed by atoms with Gasteiger partial charge in [0.05, 0.1) is 18.0 Å². The highest BCUT2D eigenvalue weighted by molar-refractivity contribution is 6.02. The topological polar surface area (TPSA) is 89.2 Å². The van der Waals surface area contributed by atoms with Gasteiger partial charge in [-0.15, -0.1) is 0 Å². The molecule has 3 aromatic rings. The predicted molar refractivity (Wildman–Crippen MR) is 142 cm³/mol. The standard InChI is InChI=1S/C29H34N4O3/c1-3-4-5-9-19-36-27-15-13-23(14-16-27)28-25(22-33(32-28)26-11-7-6-8-12-26)20-24(21-30)29(34)31-17-10-18-35-2/h6-8,11-16,20,22H,3-5,9-10,17-19H2,1-2H3,(H,31,34)/b24-20-. The highest BCUT2D eigenvalue weighted by atomic mass is 16.5. The highest BCUT2D eigenvalue weighted by Gasteiger charge is 2.15. The lowest BCUT2D eigenvalue weighted by molar-refractivity contribution is -0.117. The third-order valence-corrected chi connectivity index (χ3v) is 5.63. The van der Waals surface area contributed by atoms with Crippen molar-refractivity contribution in [2.24, 2.45) is 0 Å². The Morgan fingerprint density at radius 2 is 1.83 bits per heavy atom. The van der Waals surface area contributed by atoms with Crippen LogP contribution in [-0.4, -0.2) is 42.6 Å². The maximum absolute atomic E-state index is 12.6. The van der Waals surface area contributed by atoms with Gasteiger partial charge in [0.15, 0.2) is 0 Å². The minimum atomic E-state index is -0.418. The van der Waals surface area contributed by atoms with Gasteiger partial charge < -0.3 is 14.8 Å². The first-order valence-corrected chi connectivity index (χ1v) is 12.4. The lowest BCUT2D eigenvalue weighted by Gasteiger charge is -2.07. The van der Waals surface area contributed by atoms with Crippen molar-refractivity contribution in [2.45, 2.75) is 39.0 Å². The number of carbonyl (C=O) groups is 1. The number of nitriles is 1. The number of nitrogens with one attached hydrogen (secondary N) is 1. The molecular formula is C29H34N4O3. The first-order valence-electron chi connectivity index (χ1n) is 12.4. The number of amides is 1. The van der Waals surface area contributed by atoms with Crippen LogP contribution in [0, 0.1) is 11.3 Å². The van der Waals surface area contributed by atoms with Crippen molar-refractivity contribution in [1.82, 2.24) is 15.1 Å². The summed E-state index contributed by atoms with van der Waals surface area (Å²) in [7, 11) is 1.61. The predicted octanol–water partition coefficient (Wildman–Crippen LogP) is 5.56. The van der Waals surface area contributed by atoms with Crippen LogP contribution in [0.4, 0.5) is 0 Å². The molecule has 188 valence electrons. The smallest absolute Gasteiger partial charge is 0.261 e. The molecule has 1 amide bonds. The second-order valence-electron chi connectivity index (χ2n) is 8.42. The molecular weight excluding hydrogens is 452 g/mol. The van der Waals surface area contributed by atoms with E-state index in [1.807, 2.05) is 66.9 Å². The molecule has 36 heavy (non-hydrogen) atoms. The van der Waals surface area contributed by atoms with Crippen LogP contribution >= 0.6 is 0 Å². The van der Waals surface area contributed by atoms with Crippen LogP contribution in [0.25, 0.3) is 23.0 Å². The molecule has 3 rings (SSSR count). The molecule has 1 N–H and O–H groups in total. The second-order valence-corrected chi connectivity index (χ2v) is 8.42. The van der Waals surface area contributed by atoms with Gasteiger partial charge in [-0.1, -0.05) is 44.4 Å². The minimum Gasteiger partial charge on any atom is -0.494 e. The van der Waals surface area contributed by atoms with Crippen LogP contribution in [0.5, 0.6) is 5.75 Å². The molecule has 0 aliphatic heterocycles. The molecule has 2 aromatic carbocycles. The van der Waals surface area contributed by atoms with Crippen molar-refractivity contribution in [3.8, 4) is 28.8 Å². The van der Waals surface area contributed by atoms with E-state index in [0.717, 1.165) is 23.4 Å². The van der Waals surface area contributed by atoms with E-state index in [4.69, 9.17) is 14.6 Å². The molecule has 1 aromatic heterocycles. The SMILES string of the molecule is CCCCCCOc1ccc(-c2nn(-c3ccccc3)cc2/C=C(/C#N)C(=O)NCCCOC)cc1. The van der Waals surface area contributed by atoms with Crippen LogP contribution in [-0.2, 0) is 9.53 Å². The van der Waals surface area contributed by atoms with Crippen LogP contribution < -0.4 is 10.1 Å². The second kappa shape index (κ2) is 14.5. The number of aromatic nitrogens is 2. The van der Waals surface area contributed by atoms with E-state index >= 15 is 0 Å². The fraction of sp³-hybridized carbons (Fsp3) is 0.345. The van der Waals surface area contributed by atoms with Gasteiger partial charge in [0.1, 0.15) is 17.4 Å².